The zero-order valence-electron chi connectivity index (χ0n) is 19.7. The molecule has 1 saturated heterocycles. The fraction of sp³-hybridized carbons (Fsp3) is 0.269. The Morgan fingerprint density at radius 2 is 1.83 bits per heavy atom. The highest BCUT2D eigenvalue weighted by Crippen LogP contribution is 2.24. The fourth-order valence-electron chi connectivity index (χ4n) is 4.24. The van der Waals surface area contributed by atoms with Crippen molar-refractivity contribution in [2.45, 2.75) is 13.5 Å². The summed E-state index contributed by atoms with van der Waals surface area (Å²) in [4.78, 5) is 17.2. The van der Waals surface area contributed by atoms with Gasteiger partial charge in [-0.25, -0.2) is 4.39 Å². The van der Waals surface area contributed by atoms with Gasteiger partial charge in [-0.1, -0.05) is 23.4 Å². The average molecular weight is 475 g/mol. The summed E-state index contributed by atoms with van der Waals surface area (Å²) in [6, 6.07) is 16.3. The Morgan fingerprint density at radius 3 is 2.51 bits per heavy atom. The van der Waals surface area contributed by atoms with E-state index in [2.05, 4.69) is 25.4 Å². The third-order valence-electron chi connectivity index (χ3n) is 6.46. The predicted octanol–water partition coefficient (Wildman–Crippen LogP) is 4.10. The molecule has 0 aliphatic carbocycles. The normalized spacial score (nSPS) is 14.3. The smallest absolute Gasteiger partial charge is 0.294 e. The first-order valence-corrected chi connectivity index (χ1v) is 11.6. The van der Waals surface area contributed by atoms with Gasteiger partial charge in [0.15, 0.2) is 0 Å². The number of carbonyl (C=O) groups is 1. The van der Waals surface area contributed by atoms with Gasteiger partial charge in [0.2, 0.25) is 5.76 Å². The van der Waals surface area contributed by atoms with E-state index in [-0.39, 0.29) is 17.5 Å². The standard InChI is InChI=1S/C26H27FN6O2/c1-18-22(16-28-31(18)2)24-15-25(35-30-24)26(34)29-20-7-9-21(10-8-20)33-13-11-32(12-14-33)17-19-5-3-4-6-23(19)27/h3-10,15-16H,11-14,17H2,1-2H3,(H,29,34). The van der Waals surface area contributed by atoms with Gasteiger partial charge in [0.05, 0.1) is 6.20 Å². The van der Waals surface area contributed by atoms with Crippen molar-refractivity contribution in [2.24, 2.45) is 7.05 Å². The van der Waals surface area contributed by atoms with E-state index in [0.29, 0.717) is 17.9 Å². The molecule has 0 unspecified atom stereocenters. The number of hydrogen-bond acceptors (Lipinski definition) is 6. The summed E-state index contributed by atoms with van der Waals surface area (Å²) >= 11 is 0. The molecule has 3 heterocycles. The zero-order valence-corrected chi connectivity index (χ0v) is 19.7. The molecule has 180 valence electrons. The van der Waals surface area contributed by atoms with E-state index in [1.807, 2.05) is 50.4 Å². The molecule has 2 aromatic heterocycles. The van der Waals surface area contributed by atoms with Crippen LogP contribution in [0.25, 0.3) is 11.3 Å². The molecule has 4 aromatic rings. The summed E-state index contributed by atoms with van der Waals surface area (Å²) in [7, 11) is 1.85. The Balaban J connectivity index is 1.16. The lowest BCUT2D eigenvalue weighted by Crippen LogP contribution is -2.46. The van der Waals surface area contributed by atoms with Crippen LogP contribution in [-0.2, 0) is 13.6 Å². The molecular weight excluding hydrogens is 447 g/mol. The van der Waals surface area contributed by atoms with Crippen LogP contribution >= 0.6 is 0 Å². The minimum Gasteiger partial charge on any atom is -0.369 e. The molecule has 35 heavy (non-hydrogen) atoms. The second-order valence-electron chi connectivity index (χ2n) is 8.70. The van der Waals surface area contributed by atoms with Crippen LogP contribution in [-0.4, -0.2) is 51.9 Å². The summed E-state index contributed by atoms with van der Waals surface area (Å²) in [5.41, 5.74) is 4.83. The van der Waals surface area contributed by atoms with Crippen LogP contribution in [0, 0.1) is 12.7 Å². The number of nitrogens with zero attached hydrogens (tertiary/aromatic N) is 5. The number of benzene rings is 2. The first-order valence-electron chi connectivity index (χ1n) is 11.6. The van der Waals surface area contributed by atoms with Crippen molar-refractivity contribution in [2.75, 3.05) is 36.4 Å². The van der Waals surface area contributed by atoms with E-state index < -0.39 is 0 Å². The van der Waals surface area contributed by atoms with Crippen molar-refractivity contribution < 1.29 is 13.7 Å². The van der Waals surface area contributed by atoms with Crippen molar-refractivity contribution >= 4 is 17.3 Å². The molecule has 1 N–H and O–H groups in total. The topological polar surface area (TPSA) is 79.4 Å². The van der Waals surface area contributed by atoms with Crippen molar-refractivity contribution in [3.63, 3.8) is 0 Å². The highest BCUT2D eigenvalue weighted by atomic mass is 19.1. The maximum atomic E-state index is 13.9. The summed E-state index contributed by atoms with van der Waals surface area (Å²) in [6.45, 7) is 5.98. The molecule has 1 aliphatic rings. The highest BCUT2D eigenvalue weighted by molar-refractivity contribution is 6.02. The van der Waals surface area contributed by atoms with Gasteiger partial charge < -0.3 is 14.7 Å². The Bertz CT molecular complexity index is 1320. The molecule has 8 nitrogen and oxygen atoms in total. The minimum atomic E-state index is -0.361. The van der Waals surface area contributed by atoms with Gasteiger partial charge in [-0.05, 0) is 37.3 Å². The van der Waals surface area contributed by atoms with Crippen LogP contribution in [0.1, 0.15) is 21.8 Å². The fourth-order valence-corrected chi connectivity index (χ4v) is 4.24. The van der Waals surface area contributed by atoms with E-state index in [1.165, 1.54) is 6.07 Å². The molecule has 0 spiro atoms. The number of nitrogens with one attached hydrogen (secondary N) is 1. The van der Waals surface area contributed by atoms with Gasteiger partial charge in [-0.2, -0.15) is 5.10 Å². The molecule has 2 aromatic carbocycles. The monoisotopic (exact) mass is 474 g/mol. The van der Waals surface area contributed by atoms with Gasteiger partial charge in [0, 0.05) is 74.0 Å². The molecule has 9 heteroatoms. The van der Waals surface area contributed by atoms with Crippen LogP contribution < -0.4 is 10.2 Å². The number of halogens is 1. The first-order chi connectivity index (χ1) is 17.0. The number of carbonyl (C=O) groups excluding carboxylic acids is 1. The number of rotatable bonds is 6. The van der Waals surface area contributed by atoms with Crippen molar-refractivity contribution in [3.8, 4) is 11.3 Å². The van der Waals surface area contributed by atoms with Crippen molar-refractivity contribution in [1.29, 1.82) is 0 Å². The summed E-state index contributed by atoms with van der Waals surface area (Å²) in [5.74, 6) is -0.376. The lowest BCUT2D eigenvalue weighted by atomic mass is 10.1. The van der Waals surface area contributed by atoms with Crippen LogP contribution in [0.15, 0.2) is 65.3 Å². The van der Waals surface area contributed by atoms with E-state index >= 15 is 0 Å². The van der Waals surface area contributed by atoms with E-state index in [9.17, 15) is 9.18 Å². The molecule has 5 rings (SSSR count). The first kappa shape index (κ1) is 22.8. The Hall–Kier alpha value is -3.98. The van der Waals surface area contributed by atoms with E-state index in [4.69, 9.17) is 4.52 Å². The average Bonchev–Trinajstić information content (AvgIpc) is 3.49. The number of aryl methyl sites for hydroxylation is 1. The van der Waals surface area contributed by atoms with Crippen molar-refractivity contribution in [3.05, 3.63) is 83.6 Å². The second kappa shape index (κ2) is 9.71. The van der Waals surface area contributed by atoms with Crippen LogP contribution in [0.3, 0.4) is 0 Å². The van der Waals surface area contributed by atoms with Crippen LogP contribution in [0.5, 0.6) is 0 Å². The number of anilines is 2. The highest BCUT2D eigenvalue weighted by Gasteiger charge is 2.19. The Morgan fingerprint density at radius 1 is 1.09 bits per heavy atom. The van der Waals surface area contributed by atoms with Crippen molar-refractivity contribution in [1.82, 2.24) is 19.8 Å². The predicted molar refractivity (Wildman–Crippen MR) is 132 cm³/mol. The largest absolute Gasteiger partial charge is 0.369 e. The van der Waals surface area contributed by atoms with E-state index in [0.717, 1.165) is 48.7 Å². The number of amides is 1. The van der Waals surface area contributed by atoms with Gasteiger partial charge in [0.25, 0.3) is 5.91 Å². The Labute approximate surface area is 202 Å². The van der Waals surface area contributed by atoms with Crippen LogP contribution in [0.2, 0.25) is 0 Å². The zero-order chi connectivity index (χ0) is 24.4. The number of aromatic nitrogens is 3. The number of hydrogen-bond donors (Lipinski definition) is 1. The maximum Gasteiger partial charge on any atom is 0.294 e. The van der Waals surface area contributed by atoms with Gasteiger partial charge >= 0.3 is 0 Å². The molecule has 1 fully saturated rings. The summed E-state index contributed by atoms with van der Waals surface area (Å²) in [5, 5.41) is 11.1. The summed E-state index contributed by atoms with van der Waals surface area (Å²) in [6.07, 6.45) is 1.70. The Kier molecular flexibility index (Phi) is 6.33. The van der Waals surface area contributed by atoms with Gasteiger partial charge in [-0.3, -0.25) is 14.4 Å². The molecule has 1 aliphatic heterocycles. The third-order valence-corrected chi connectivity index (χ3v) is 6.46. The molecule has 0 bridgehead atoms. The minimum absolute atomic E-state index is 0.137. The summed E-state index contributed by atoms with van der Waals surface area (Å²) < 4.78 is 20.9. The second-order valence-corrected chi connectivity index (χ2v) is 8.70. The molecule has 0 radical (unpaired) electrons. The maximum absolute atomic E-state index is 13.9. The quantitative estimate of drug-likeness (QED) is 0.453. The number of piperazine rings is 1. The molecule has 0 saturated carbocycles. The molecular formula is C26H27FN6O2. The van der Waals surface area contributed by atoms with Gasteiger partial charge in [-0.15, -0.1) is 0 Å². The lowest BCUT2D eigenvalue weighted by Gasteiger charge is -2.36. The van der Waals surface area contributed by atoms with Crippen LogP contribution in [0.4, 0.5) is 15.8 Å². The third kappa shape index (κ3) is 4.95. The SMILES string of the molecule is Cc1c(-c2cc(C(=O)Nc3ccc(N4CCN(Cc5ccccc5F)CC4)cc3)on2)cnn1C. The van der Waals surface area contributed by atoms with E-state index in [1.54, 1.807) is 23.0 Å². The molecule has 1 amide bonds. The lowest BCUT2D eigenvalue weighted by molar-refractivity contribution is 0.0988. The molecule has 0 atom stereocenters. The van der Waals surface area contributed by atoms with Gasteiger partial charge in [0.1, 0.15) is 11.5 Å².